The Morgan fingerprint density at radius 3 is 2.68 bits per heavy atom. The number of aryl methyl sites for hydroxylation is 1. The van der Waals surface area contributed by atoms with Gasteiger partial charge in [0.05, 0.1) is 11.3 Å². The Labute approximate surface area is 108 Å². The van der Waals surface area contributed by atoms with Gasteiger partial charge in [0.25, 0.3) is 5.89 Å². The number of hydrogen-bond donors (Lipinski definition) is 0. The van der Waals surface area contributed by atoms with E-state index in [1.165, 1.54) is 18.5 Å². The van der Waals surface area contributed by atoms with Crippen LogP contribution in [0.25, 0.3) is 22.8 Å². The second-order valence-electron chi connectivity index (χ2n) is 3.95. The number of aromatic nitrogens is 4. The van der Waals surface area contributed by atoms with E-state index >= 15 is 0 Å². The zero-order chi connectivity index (χ0) is 13.2. The van der Waals surface area contributed by atoms with E-state index in [4.69, 9.17) is 4.52 Å². The van der Waals surface area contributed by atoms with Crippen LogP contribution in [0.4, 0.5) is 4.39 Å². The minimum atomic E-state index is -0.306. The van der Waals surface area contributed by atoms with Crippen molar-refractivity contribution in [3.05, 3.63) is 48.3 Å². The first kappa shape index (κ1) is 11.5. The lowest BCUT2D eigenvalue weighted by Crippen LogP contribution is -1.89. The van der Waals surface area contributed by atoms with Gasteiger partial charge in [-0.15, -0.1) is 0 Å². The summed E-state index contributed by atoms with van der Waals surface area (Å²) in [5.74, 6) is 0.440. The van der Waals surface area contributed by atoms with Gasteiger partial charge < -0.3 is 4.52 Å². The lowest BCUT2D eigenvalue weighted by molar-refractivity contribution is 0.431. The van der Waals surface area contributed by atoms with Gasteiger partial charge in [-0.25, -0.2) is 14.4 Å². The van der Waals surface area contributed by atoms with Crippen molar-refractivity contribution in [2.24, 2.45) is 0 Å². The van der Waals surface area contributed by atoms with Gasteiger partial charge in [0.1, 0.15) is 12.1 Å². The van der Waals surface area contributed by atoms with Crippen LogP contribution in [-0.2, 0) is 0 Å². The summed E-state index contributed by atoms with van der Waals surface area (Å²) in [4.78, 5) is 12.2. The van der Waals surface area contributed by atoms with Crippen LogP contribution in [0.2, 0.25) is 0 Å². The van der Waals surface area contributed by atoms with E-state index in [0.29, 0.717) is 22.8 Å². The van der Waals surface area contributed by atoms with Crippen molar-refractivity contribution in [3.63, 3.8) is 0 Å². The van der Waals surface area contributed by atoms with Crippen LogP contribution in [0, 0.1) is 12.7 Å². The first-order valence-electron chi connectivity index (χ1n) is 5.60. The Morgan fingerprint density at radius 1 is 1.16 bits per heavy atom. The van der Waals surface area contributed by atoms with Crippen LogP contribution in [0.3, 0.4) is 0 Å². The highest BCUT2D eigenvalue weighted by atomic mass is 19.1. The summed E-state index contributed by atoms with van der Waals surface area (Å²) in [6.07, 6.45) is 3.07. The Kier molecular flexibility index (Phi) is 2.75. The van der Waals surface area contributed by atoms with Crippen LogP contribution in [0.1, 0.15) is 5.69 Å². The SMILES string of the molecule is Cc1ncncc1-c1nc(-c2ccc(F)cc2)no1. The molecule has 3 aromatic rings. The molecule has 0 aliphatic carbocycles. The van der Waals surface area contributed by atoms with Crippen molar-refractivity contribution in [3.8, 4) is 22.8 Å². The van der Waals surface area contributed by atoms with E-state index in [1.54, 1.807) is 18.3 Å². The monoisotopic (exact) mass is 256 g/mol. The standard InChI is InChI=1S/C13H9FN4O/c1-8-11(6-15-7-16-8)13-17-12(18-19-13)9-2-4-10(14)5-3-9/h2-7H,1H3. The zero-order valence-corrected chi connectivity index (χ0v) is 10.0. The van der Waals surface area contributed by atoms with Crippen LogP contribution in [0.15, 0.2) is 41.3 Å². The van der Waals surface area contributed by atoms with E-state index < -0.39 is 0 Å². The van der Waals surface area contributed by atoms with Crippen molar-refractivity contribution in [1.29, 1.82) is 0 Å². The van der Waals surface area contributed by atoms with Crippen molar-refractivity contribution in [1.82, 2.24) is 20.1 Å². The highest BCUT2D eigenvalue weighted by Crippen LogP contribution is 2.23. The normalized spacial score (nSPS) is 10.6. The first-order chi connectivity index (χ1) is 9.24. The van der Waals surface area contributed by atoms with Crippen molar-refractivity contribution in [2.45, 2.75) is 6.92 Å². The Balaban J connectivity index is 2.00. The lowest BCUT2D eigenvalue weighted by atomic mass is 10.2. The van der Waals surface area contributed by atoms with Gasteiger partial charge >= 0.3 is 0 Å². The van der Waals surface area contributed by atoms with Crippen molar-refractivity contribution < 1.29 is 8.91 Å². The molecule has 0 spiro atoms. The van der Waals surface area contributed by atoms with E-state index in [-0.39, 0.29) is 5.82 Å². The third-order valence-electron chi connectivity index (χ3n) is 2.67. The van der Waals surface area contributed by atoms with E-state index in [1.807, 2.05) is 6.92 Å². The molecule has 0 atom stereocenters. The molecular formula is C13H9FN4O. The molecule has 5 nitrogen and oxygen atoms in total. The van der Waals surface area contributed by atoms with Crippen LogP contribution < -0.4 is 0 Å². The third kappa shape index (κ3) is 2.20. The molecule has 0 aliphatic heterocycles. The maximum absolute atomic E-state index is 12.8. The molecule has 2 heterocycles. The number of nitrogens with zero attached hydrogens (tertiary/aromatic N) is 4. The van der Waals surface area contributed by atoms with E-state index in [9.17, 15) is 4.39 Å². The Morgan fingerprint density at radius 2 is 1.95 bits per heavy atom. The van der Waals surface area contributed by atoms with Gasteiger partial charge in [-0.3, -0.25) is 0 Å². The molecule has 0 radical (unpaired) electrons. The molecule has 1 aromatic carbocycles. The predicted molar refractivity (Wildman–Crippen MR) is 65.5 cm³/mol. The molecule has 0 saturated heterocycles. The van der Waals surface area contributed by atoms with Crippen LogP contribution in [-0.4, -0.2) is 20.1 Å². The Hall–Kier alpha value is -2.63. The number of halogens is 1. The number of hydrogen-bond acceptors (Lipinski definition) is 5. The summed E-state index contributed by atoms with van der Waals surface area (Å²) >= 11 is 0. The highest BCUT2D eigenvalue weighted by molar-refractivity contribution is 5.60. The summed E-state index contributed by atoms with van der Waals surface area (Å²) < 4.78 is 18.0. The van der Waals surface area contributed by atoms with Gasteiger partial charge in [-0.05, 0) is 31.2 Å². The van der Waals surface area contributed by atoms with Crippen molar-refractivity contribution >= 4 is 0 Å². The van der Waals surface area contributed by atoms with Gasteiger partial charge in [0, 0.05) is 11.8 Å². The fraction of sp³-hybridized carbons (Fsp3) is 0.0769. The molecule has 0 aliphatic rings. The lowest BCUT2D eigenvalue weighted by Gasteiger charge is -1.96. The minimum Gasteiger partial charge on any atom is -0.333 e. The van der Waals surface area contributed by atoms with Gasteiger partial charge in [0.15, 0.2) is 0 Å². The average molecular weight is 256 g/mol. The largest absolute Gasteiger partial charge is 0.333 e. The predicted octanol–water partition coefficient (Wildman–Crippen LogP) is 2.64. The van der Waals surface area contributed by atoms with Crippen LogP contribution in [0.5, 0.6) is 0 Å². The maximum atomic E-state index is 12.8. The smallest absolute Gasteiger partial charge is 0.261 e. The summed E-state index contributed by atoms with van der Waals surface area (Å²) in [6, 6.07) is 5.89. The molecule has 94 valence electrons. The van der Waals surface area contributed by atoms with E-state index in [2.05, 4.69) is 20.1 Å². The molecule has 6 heteroatoms. The molecule has 0 unspecified atom stereocenters. The zero-order valence-electron chi connectivity index (χ0n) is 10.0. The van der Waals surface area contributed by atoms with Crippen LogP contribution >= 0.6 is 0 Å². The fourth-order valence-corrected chi connectivity index (χ4v) is 1.65. The number of rotatable bonds is 2. The fourth-order valence-electron chi connectivity index (χ4n) is 1.65. The summed E-state index contributed by atoms with van der Waals surface area (Å²) in [7, 11) is 0. The maximum Gasteiger partial charge on any atom is 0.261 e. The summed E-state index contributed by atoms with van der Waals surface area (Å²) in [6.45, 7) is 1.83. The molecular weight excluding hydrogens is 247 g/mol. The molecule has 0 N–H and O–H groups in total. The van der Waals surface area contributed by atoms with Gasteiger partial charge in [-0.1, -0.05) is 5.16 Å². The molecule has 3 rings (SSSR count). The number of benzene rings is 1. The molecule has 19 heavy (non-hydrogen) atoms. The Bertz CT molecular complexity index is 709. The molecule has 0 fully saturated rings. The molecule has 0 saturated carbocycles. The second-order valence-corrected chi connectivity index (χ2v) is 3.95. The second kappa shape index (κ2) is 4.56. The summed E-state index contributed by atoms with van der Waals surface area (Å²) in [5, 5.41) is 3.87. The quantitative estimate of drug-likeness (QED) is 0.705. The minimum absolute atomic E-state index is 0.306. The molecule has 0 amide bonds. The van der Waals surface area contributed by atoms with E-state index in [0.717, 1.165) is 5.69 Å². The third-order valence-corrected chi connectivity index (χ3v) is 2.67. The average Bonchev–Trinajstić information content (AvgIpc) is 2.89. The summed E-state index contributed by atoms with van der Waals surface area (Å²) in [5.41, 5.74) is 2.12. The highest BCUT2D eigenvalue weighted by Gasteiger charge is 2.13. The van der Waals surface area contributed by atoms with Crippen molar-refractivity contribution in [2.75, 3.05) is 0 Å². The topological polar surface area (TPSA) is 64.7 Å². The van der Waals surface area contributed by atoms with Gasteiger partial charge in [-0.2, -0.15) is 4.98 Å². The molecule has 2 aromatic heterocycles. The molecule has 0 bridgehead atoms. The first-order valence-corrected chi connectivity index (χ1v) is 5.60. The van der Waals surface area contributed by atoms with Gasteiger partial charge in [0.2, 0.25) is 5.82 Å².